The second-order valence-electron chi connectivity index (χ2n) is 10.8. The minimum Gasteiger partial charge on any atom is -0.392 e. The molecule has 4 bridgehead atoms. The van der Waals surface area contributed by atoms with E-state index in [1.807, 2.05) is 31.2 Å². The van der Waals surface area contributed by atoms with Crippen LogP contribution in [-0.4, -0.2) is 32.6 Å². The largest absolute Gasteiger partial charge is 0.392 e. The number of hydrogen-bond donors (Lipinski definition) is 2. The zero-order chi connectivity index (χ0) is 22.2. The average molecular weight is 434 g/mol. The van der Waals surface area contributed by atoms with Gasteiger partial charge < -0.3 is 10.4 Å². The maximum absolute atomic E-state index is 14.3. The number of aromatic nitrogens is 2. The van der Waals surface area contributed by atoms with Gasteiger partial charge in [-0.1, -0.05) is 6.92 Å². The summed E-state index contributed by atoms with van der Waals surface area (Å²) in [6.07, 6.45) is 15.2. The molecular weight excluding hydrogens is 398 g/mol. The first-order valence-corrected chi connectivity index (χ1v) is 12.3. The van der Waals surface area contributed by atoms with Crippen LogP contribution in [0.5, 0.6) is 0 Å². The molecule has 4 aliphatic rings. The van der Waals surface area contributed by atoms with Crippen LogP contribution in [-0.2, 0) is 17.6 Å². The van der Waals surface area contributed by atoms with Gasteiger partial charge in [0.2, 0.25) is 5.91 Å². The Hall–Kier alpha value is -2.27. The van der Waals surface area contributed by atoms with Crippen molar-refractivity contribution in [1.29, 1.82) is 0 Å². The minimum atomic E-state index is -0.930. The van der Waals surface area contributed by atoms with Crippen LogP contribution in [0.3, 0.4) is 0 Å². The van der Waals surface area contributed by atoms with Gasteiger partial charge in [0.1, 0.15) is 0 Å². The fraction of sp³-hybridized carbons (Fsp3) is 0.593. The van der Waals surface area contributed by atoms with Crippen molar-refractivity contribution < 1.29 is 9.90 Å². The highest BCUT2D eigenvalue weighted by atomic mass is 16.3. The van der Waals surface area contributed by atoms with E-state index < -0.39 is 11.5 Å². The van der Waals surface area contributed by atoms with E-state index in [0.717, 1.165) is 48.1 Å². The number of amides is 1. The van der Waals surface area contributed by atoms with Crippen molar-refractivity contribution in [3.05, 3.63) is 60.2 Å². The van der Waals surface area contributed by atoms with Crippen LogP contribution in [0.25, 0.3) is 0 Å². The maximum Gasteiger partial charge on any atom is 0.229 e. The highest BCUT2D eigenvalue weighted by Crippen LogP contribution is 2.56. The molecule has 170 valence electrons. The third kappa shape index (κ3) is 4.07. The van der Waals surface area contributed by atoms with Gasteiger partial charge in [0.15, 0.2) is 0 Å². The molecule has 2 aromatic rings. The molecular formula is C27H35N3O2. The predicted octanol–water partition coefficient (Wildman–Crippen LogP) is 4.10. The minimum absolute atomic E-state index is 0.0161. The molecule has 0 radical (unpaired) electrons. The molecule has 5 nitrogen and oxygen atoms in total. The smallest absolute Gasteiger partial charge is 0.229 e. The molecule has 2 aromatic heterocycles. The molecule has 2 N–H and O–H groups in total. The quantitative estimate of drug-likeness (QED) is 0.657. The van der Waals surface area contributed by atoms with Crippen LogP contribution in [0.2, 0.25) is 0 Å². The molecule has 5 heteroatoms. The lowest BCUT2D eigenvalue weighted by atomic mass is 9.52. The molecule has 4 aliphatic carbocycles. The summed E-state index contributed by atoms with van der Waals surface area (Å²) in [4.78, 5) is 22.5. The summed E-state index contributed by atoms with van der Waals surface area (Å²) in [5, 5.41) is 15.0. The molecule has 1 amide bonds. The van der Waals surface area contributed by atoms with Crippen LogP contribution >= 0.6 is 0 Å². The van der Waals surface area contributed by atoms with Crippen molar-refractivity contribution in [1.82, 2.24) is 15.3 Å². The third-order valence-corrected chi connectivity index (χ3v) is 8.43. The van der Waals surface area contributed by atoms with Crippen molar-refractivity contribution in [3.63, 3.8) is 0 Å². The van der Waals surface area contributed by atoms with Crippen molar-refractivity contribution >= 4 is 5.91 Å². The lowest BCUT2D eigenvalue weighted by molar-refractivity contribution is -0.144. The number of nitrogens with zero attached hydrogens (tertiary/aromatic N) is 2. The normalized spacial score (nSPS) is 29.6. The van der Waals surface area contributed by atoms with E-state index in [2.05, 4.69) is 15.3 Å². The van der Waals surface area contributed by atoms with Crippen LogP contribution in [0.15, 0.2) is 49.1 Å². The van der Waals surface area contributed by atoms with Gasteiger partial charge in [-0.3, -0.25) is 14.8 Å². The first-order valence-electron chi connectivity index (χ1n) is 12.3. The van der Waals surface area contributed by atoms with Crippen LogP contribution < -0.4 is 5.32 Å². The van der Waals surface area contributed by atoms with Gasteiger partial charge in [-0.25, -0.2) is 0 Å². The molecule has 4 fully saturated rings. The lowest BCUT2D eigenvalue weighted by Gasteiger charge is -2.57. The number of aliphatic hydroxyl groups excluding tert-OH is 1. The van der Waals surface area contributed by atoms with Gasteiger partial charge in [-0.15, -0.1) is 0 Å². The van der Waals surface area contributed by atoms with Gasteiger partial charge in [0.25, 0.3) is 0 Å². The molecule has 0 spiro atoms. The first kappa shape index (κ1) is 21.6. The molecule has 0 saturated heterocycles. The number of hydrogen-bond acceptors (Lipinski definition) is 4. The SMILES string of the molecule is CCC(O)C(Cc1ccncc1)(Cc1ccncc1)C(=O)NC12CC3CC(CC(C3)C1)C2. The molecule has 1 atom stereocenters. The van der Waals surface area contributed by atoms with Crippen molar-refractivity contribution in [2.75, 3.05) is 0 Å². The molecule has 32 heavy (non-hydrogen) atoms. The highest BCUT2D eigenvalue weighted by Gasteiger charge is 2.54. The van der Waals surface area contributed by atoms with E-state index >= 15 is 0 Å². The van der Waals surface area contributed by atoms with Gasteiger partial charge in [0, 0.05) is 30.3 Å². The fourth-order valence-corrected chi connectivity index (χ4v) is 7.36. The first-order chi connectivity index (χ1) is 15.5. The van der Waals surface area contributed by atoms with Crippen LogP contribution in [0.4, 0.5) is 0 Å². The number of carbonyl (C=O) groups is 1. The topological polar surface area (TPSA) is 75.1 Å². The van der Waals surface area contributed by atoms with E-state index in [1.165, 1.54) is 19.3 Å². The van der Waals surface area contributed by atoms with Gasteiger partial charge in [-0.05, 0) is 111 Å². The Morgan fingerprint density at radius 3 is 1.81 bits per heavy atom. The Bertz CT molecular complexity index is 854. The Labute approximate surface area is 191 Å². The molecule has 1 unspecified atom stereocenters. The summed E-state index contributed by atoms with van der Waals surface area (Å²) in [6, 6.07) is 7.84. The van der Waals surface area contributed by atoms with Crippen molar-refractivity contribution in [2.45, 2.75) is 76.4 Å². The summed E-state index contributed by atoms with van der Waals surface area (Å²) in [5.74, 6) is 2.29. The number of carbonyl (C=O) groups excluding carboxylic acids is 1. The Morgan fingerprint density at radius 2 is 1.41 bits per heavy atom. The summed E-state index contributed by atoms with van der Waals surface area (Å²) in [6.45, 7) is 1.97. The van der Waals surface area contributed by atoms with E-state index in [0.29, 0.717) is 19.3 Å². The van der Waals surface area contributed by atoms with E-state index in [1.54, 1.807) is 24.8 Å². The second-order valence-corrected chi connectivity index (χ2v) is 10.8. The highest BCUT2D eigenvalue weighted by molar-refractivity contribution is 5.85. The predicted molar refractivity (Wildman–Crippen MR) is 124 cm³/mol. The number of aliphatic hydroxyl groups is 1. The molecule has 6 rings (SSSR count). The van der Waals surface area contributed by atoms with Gasteiger partial charge in [-0.2, -0.15) is 0 Å². The zero-order valence-electron chi connectivity index (χ0n) is 19.0. The molecule has 2 heterocycles. The van der Waals surface area contributed by atoms with Crippen LogP contribution in [0, 0.1) is 23.2 Å². The van der Waals surface area contributed by atoms with Gasteiger partial charge >= 0.3 is 0 Å². The molecule has 0 aliphatic heterocycles. The van der Waals surface area contributed by atoms with Gasteiger partial charge in [0.05, 0.1) is 11.5 Å². The Kier molecular flexibility index (Phi) is 5.79. The monoisotopic (exact) mass is 433 g/mol. The van der Waals surface area contributed by atoms with Crippen molar-refractivity contribution in [2.24, 2.45) is 23.2 Å². The summed E-state index contributed by atoms with van der Waals surface area (Å²) >= 11 is 0. The zero-order valence-corrected chi connectivity index (χ0v) is 19.0. The molecule has 0 aromatic carbocycles. The average Bonchev–Trinajstić information content (AvgIpc) is 2.78. The van der Waals surface area contributed by atoms with Crippen molar-refractivity contribution in [3.8, 4) is 0 Å². The number of pyridine rings is 2. The molecule has 4 saturated carbocycles. The van der Waals surface area contributed by atoms with Crippen LogP contribution in [0.1, 0.15) is 63.0 Å². The third-order valence-electron chi connectivity index (χ3n) is 8.43. The van der Waals surface area contributed by atoms with E-state index in [-0.39, 0.29) is 11.4 Å². The number of rotatable bonds is 8. The van der Waals surface area contributed by atoms with E-state index in [9.17, 15) is 9.90 Å². The second kappa shape index (κ2) is 8.58. The lowest BCUT2D eigenvalue weighted by Crippen LogP contribution is -2.64. The summed E-state index contributed by atoms with van der Waals surface area (Å²) in [5.41, 5.74) is 1.05. The fourth-order valence-electron chi connectivity index (χ4n) is 7.36. The number of nitrogens with one attached hydrogen (secondary N) is 1. The Balaban J connectivity index is 1.49. The van der Waals surface area contributed by atoms with E-state index in [4.69, 9.17) is 0 Å². The maximum atomic E-state index is 14.3. The summed E-state index contributed by atoms with van der Waals surface area (Å²) in [7, 11) is 0. The Morgan fingerprint density at radius 1 is 0.969 bits per heavy atom. The standard InChI is InChI=1S/C27H35N3O2/c1-2-24(31)27(17-19-3-7-28-8-4-19,18-20-5-9-29-10-6-20)25(32)30-26-14-21-11-22(15-26)13-23(12-21)16-26/h3-10,21-24,31H,2,11-18H2,1H3,(H,30,32). The summed E-state index contributed by atoms with van der Waals surface area (Å²) < 4.78 is 0.